The number of anilines is 1. The average molecular weight is 219 g/mol. The average Bonchev–Trinajstić information content (AvgIpc) is 2.29. The Balaban J connectivity index is 2.19. The van der Waals surface area contributed by atoms with Gasteiger partial charge in [0.1, 0.15) is 0 Å². The first-order valence-electron chi connectivity index (χ1n) is 5.54. The summed E-state index contributed by atoms with van der Waals surface area (Å²) >= 11 is 0. The van der Waals surface area contributed by atoms with Crippen LogP contribution in [0.15, 0.2) is 18.2 Å². The van der Waals surface area contributed by atoms with E-state index in [0.717, 1.165) is 37.3 Å². The van der Waals surface area contributed by atoms with Crippen molar-refractivity contribution in [2.24, 2.45) is 0 Å². The molecule has 2 rings (SSSR count). The molecule has 0 radical (unpaired) electrons. The standard InChI is InChI=1S/C12H17N3O/c1-9-8-10(13)2-3-11(9)12(16)15-6-4-14-5-7-15/h2-3,8,14H,4-7,13H2,1H3. The third kappa shape index (κ3) is 2.17. The number of nitrogens with two attached hydrogens (primary N) is 1. The lowest BCUT2D eigenvalue weighted by Crippen LogP contribution is -2.46. The quantitative estimate of drug-likeness (QED) is 0.681. The molecule has 1 amide bonds. The lowest BCUT2D eigenvalue weighted by molar-refractivity contribution is 0.0735. The maximum atomic E-state index is 12.2. The summed E-state index contributed by atoms with van der Waals surface area (Å²) in [6.45, 7) is 5.23. The Kier molecular flexibility index (Phi) is 3.10. The second kappa shape index (κ2) is 4.53. The highest BCUT2D eigenvalue weighted by atomic mass is 16.2. The van der Waals surface area contributed by atoms with E-state index in [1.807, 2.05) is 24.0 Å². The van der Waals surface area contributed by atoms with Crippen LogP contribution >= 0.6 is 0 Å². The molecule has 0 unspecified atom stereocenters. The molecule has 0 saturated carbocycles. The van der Waals surface area contributed by atoms with Crippen molar-refractivity contribution in [3.63, 3.8) is 0 Å². The minimum atomic E-state index is 0.110. The first kappa shape index (κ1) is 11.0. The van der Waals surface area contributed by atoms with Gasteiger partial charge in [0.15, 0.2) is 0 Å². The van der Waals surface area contributed by atoms with Gasteiger partial charge < -0.3 is 16.0 Å². The molecule has 0 atom stereocenters. The summed E-state index contributed by atoms with van der Waals surface area (Å²) in [6.07, 6.45) is 0. The van der Waals surface area contributed by atoms with Gasteiger partial charge in [0.25, 0.3) is 5.91 Å². The summed E-state index contributed by atoms with van der Waals surface area (Å²) in [5, 5.41) is 3.23. The molecule has 16 heavy (non-hydrogen) atoms. The van der Waals surface area contributed by atoms with Crippen molar-refractivity contribution in [1.29, 1.82) is 0 Å². The van der Waals surface area contributed by atoms with Crippen LogP contribution in [0.2, 0.25) is 0 Å². The van der Waals surface area contributed by atoms with Crippen LogP contribution in [0.4, 0.5) is 5.69 Å². The van der Waals surface area contributed by atoms with Gasteiger partial charge in [0.05, 0.1) is 0 Å². The van der Waals surface area contributed by atoms with Crippen molar-refractivity contribution in [1.82, 2.24) is 10.2 Å². The Morgan fingerprint density at radius 3 is 2.69 bits per heavy atom. The van der Waals surface area contributed by atoms with Crippen molar-refractivity contribution in [2.45, 2.75) is 6.92 Å². The maximum Gasteiger partial charge on any atom is 0.254 e. The molecule has 1 aliphatic rings. The lowest BCUT2D eigenvalue weighted by Gasteiger charge is -2.28. The van der Waals surface area contributed by atoms with Gasteiger partial charge in [-0.25, -0.2) is 0 Å². The van der Waals surface area contributed by atoms with E-state index in [9.17, 15) is 4.79 Å². The number of rotatable bonds is 1. The second-order valence-corrected chi connectivity index (χ2v) is 4.12. The number of hydrogen-bond donors (Lipinski definition) is 2. The molecular formula is C12H17N3O. The maximum absolute atomic E-state index is 12.2. The normalized spacial score (nSPS) is 16.2. The van der Waals surface area contributed by atoms with Crippen LogP contribution in [0, 0.1) is 6.92 Å². The number of amides is 1. The number of benzene rings is 1. The number of nitrogen functional groups attached to an aromatic ring is 1. The van der Waals surface area contributed by atoms with E-state index in [1.165, 1.54) is 0 Å². The number of piperazine rings is 1. The van der Waals surface area contributed by atoms with Gasteiger partial charge in [0, 0.05) is 37.4 Å². The molecule has 4 heteroatoms. The highest BCUT2D eigenvalue weighted by molar-refractivity contribution is 5.96. The number of carbonyl (C=O) groups is 1. The highest BCUT2D eigenvalue weighted by Gasteiger charge is 2.19. The highest BCUT2D eigenvalue weighted by Crippen LogP contribution is 2.15. The third-order valence-electron chi connectivity index (χ3n) is 2.89. The van der Waals surface area contributed by atoms with E-state index in [1.54, 1.807) is 6.07 Å². The van der Waals surface area contributed by atoms with E-state index in [-0.39, 0.29) is 5.91 Å². The molecular weight excluding hydrogens is 202 g/mol. The topological polar surface area (TPSA) is 58.4 Å². The minimum Gasteiger partial charge on any atom is -0.399 e. The molecule has 1 aromatic carbocycles. The van der Waals surface area contributed by atoms with E-state index in [0.29, 0.717) is 5.69 Å². The number of hydrogen-bond acceptors (Lipinski definition) is 3. The van der Waals surface area contributed by atoms with Crippen LogP contribution in [-0.2, 0) is 0 Å². The third-order valence-corrected chi connectivity index (χ3v) is 2.89. The molecule has 1 fully saturated rings. The molecule has 0 spiro atoms. The fraction of sp³-hybridized carbons (Fsp3) is 0.417. The van der Waals surface area contributed by atoms with Crippen molar-refractivity contribution in [3.8, 4) is 0 Å². The molecule has 3 N–H and O–H groups in total. The zero-order valence-electron chi connectivity index (χ0n) is 9.49. The number of carbonyl (C=O) groups excluding carboxylic acids is 1. The van der Waals surface area contributed by atoms with Crippen LogP contribution < -0.4 is 11.1 Å². The van der Waals surface area contributed by atoms with Crippen molar-refractivity contribution >= 4 is 11.6 Å². The minimum absolute atomic E-state index is 0.110. The van der Waals surface area contributed by atoms with E-state index in [2.05, 4.69) is 5.32 Å². The van der Waals surface area contributed by atoms with Crippen LogP contribution in [0.1, 0.15) is 15.9 Å². The summed E-state index contributed by atoms with van der Waals surface area (Å²) in [7, 11) is 0. The van der Waals surface area contributed by atoms with Gasteiger partial charge in [-0.3, -0.25) is 4.79 Å². The first-order chi connectivity index (χ1) is 7.68. The predicted octanol–water partition coefficient (Wildman–Crippen LogP) is 0.623. The van der Waals surface area contributed by atoms with E-state index < -0.39 is 0 Å². The number of nitrogens with one attached hydrogen (secondary N) is 1. The van der Waals surface area contributed by atoms with Gasteiger partial charge in [-0.05, 0) is 30.7 Å². The first-order valence-corrected chi connectivity index (χ1v) is 5.54. The molecule has 1 aliphatic heterocycles. The largest absolute Gasteiger partial charge is 0.399 e. The molecule has 1 saturated heterocycles. The summed E-state index contributed by atoms with van der Waals surface area (Å²) in [6, 6.07) is 5.44. The zero-order chi connectivity index (χ0) is 11.5. The van der Waals surface area contributed by atoms with Crippen molar-refractivity contribution < 1.29 is 4.79 Å². The smallest absolute Gasteiger partial charge is 0.254 e. The number of nitrogens with zero attached hydrogens (tertiary/aromatic N) is 1. The molecule has 0 aliphatic carbocycles. The van der Waals surface area contributed by atoms with Crippen LogP contribution in [0.3, 0.4) is 0 Å². The summed E-state index contributed by atoms with van der Waals surface area (Å²) in [5.74, 6) is 0.110. The predicted molar refractivity (Wildman–Crippen MR) is 64.4 cm³/mol. The summed E-state index contributed by atoms with van der Waals surface area (Å²) in [4.78, 5) is 14.1. The molecule has 4 nitrogen and oxygen atoms in total. The molecule has 1 aromatic rings. The van der Waals surface area contributed by atoms with Gasteiger partial charge in [-0.15, -0.1) is 0 Å². The summed E-state index contributed by atoms with van der Waals surface area (Å²) in [5.41, 5.74) is 8.08. The molecule has 0 aromatic heterocycles. The fourth-order valence-corrected chi connectivity index (χ4v) is 1.97. The molecule has 86 valence electrons. The fourth-order valence-electron chi connectivity index (χ4n) is 1.97. The Morgan fingerprint density at radius 1 is 1.38 bits per heavy atom. The van der Waals surface area contributed by atoms with E-state index in [4.69, 9.17) is 5.73 Å². The van der Waals surface area contributed by atoms with Crippen LogP contribution in [0.25, 0.3) is 0 Å². The van der Waals surface area contributed by atoms with Gasteiger partial charge in [0.2, 0.25) is 0 Å². The second-order valence-electron chi connectivity index (χ2n) is 4.12. The Hall–Kier alpha value is -1.55. The zero-order valence-corrected chi connectivity index (χ0v) is 9.49. The number of aryl methyl sites for hydroxylation is 1. The van der Waals surface area contributed by atoms with Crippen LogP contribution in [-0.4, -0.2) is 37.0 Å². The molecule has 1 heterocycles. The Labute approximate surface area is 95.4 Å². The van der Waals surface area contributed by atoms with Gasteiger partial charge in [-0.1, -0.05) is 0 Å². The van der Waals surface area contributed by atoms with Crippen molar-refractivity contribution in [3.05, 3.63) is 29.3 Å². The Morgan fingerprint density at radius 2 is 2.06 bits per heavy atom. The SMILES string of the molecule is Cc1cc(N)ccc1C(=O)N1CCNCC1. The molecule has 0 bridgehead atoms. The van der Waals surface area contributed by atoms with Crippen LogP contribution in [0.5, 0.6) is 0 Å². The van der Waals surface area contributed by atoms with Gasteiger partial charge in [-0.2, -0.15) is 0 Å². The van der Waals surface area contributed by atoms with Gasteiger partial charge >= 0.3 is 0 Å². The Bertz CT molecular complexity index is 397. The summed E-state index contributed by atoms with van der Waals surface area (Å²) < 4.78 is 0. The monoisotopic (exact) mass is 219 g/mol. The van der Waals surface area contributed by atoms with E-state index >= 15 is 0 Å². The van der Waals surface area contributed by atoms with Crippen molar-refractivity contribution in [2.75, 3.05) is 31.9 Å². The lowest BCUT2D eigenvalue weighted by atomic mass is 10.1.